The summed E-state index contributed by atoms with van der Waals surface area (Å²) < 4.78 is 0. The van der Waals surface area contributed by atoms with Crippen molar-refractivity contribution in [1.82, 2.24) is 36.8 Å². The average Bonchev–Trinajstić information content (AvgIpc) is 3.76. The zero-order valence-electron chi connectivity index (χ0n) is 38.6. The van der Waals surface area contributed by atoms with E-state index >= 15 is 0 Å². The summed E-state index contributed by atoms with van der Waals surface area (Å²) in [5, 5.41) is 19.3. The highest BCUT2D eigenvalue weighted by Crippen LogP contribution is 2.32. The molecule has 2 aromatic rings. The van der Waals surface area contributed by atoms with Crippen molar-refractivity contribution in [2.24, 2.45) is 17.6 Å². The van der Waals surface area contributed by atoms with Crippen molar-refractivity contribution in [1.29, 1.82) is 0 Å². The van der Waals surface area contributed by atoms with Gasteiger partial charge >= 0.3 is 0 Å². The first-order valence-electron chi connectivity index (χ1n) is 22.7. The molecule has 1 aliphatic heterocycles. The molecular weight excluding hydrogens is 835 g/mol. The molecule has 18 nitrogen and oxygen atoms in total. The third-order valence-corrected chi connectivity index (χ3v) is 11.2. The van der Waals surface area contributed by atoms with E-state index in [0.717, 1.165) is 0 Å². The van der Waals surface area contributed by atoms with E-state index in [4.69, 9.17) is 5.73 Å². The zero-order chi connectivity index (χ0) is 48.0. The Morgan fingerprint density at radius 3 is 1.97 bits per heavy atom. The van der Waals surface area contributed by atoms with Gasteiger partial charge in [0.25, 0.3) is 0 Å². The lowest BCUT2D eigenvalue weighted by molar-refractivity contribution is -0.141. The fourth-order valence-electron chi connectivity index (χ4n) is 7.91. The maximum Gasteiger partial charge on any atom is 0.245 e. The monoisotopic (exact) mass is 902 g/mol. The van der Waals surface area contributed by atoms with E-state index < -0.39 is 78.2 Å². The van der Waals surface area contributed by atoms with Crippen LogP contribution in [0.25, 0.3) is 0 Å². The zero-order valence-corrected chi connectivity index (χ0v) is 38.6. The minimum absolute atomic E-state index is 0.00901. The molecule has 1 aliphatic carbocycles. The molecule has 7 amide bonds. The van der Waals surface area contributed by atoms with Crippen LogP contribution in [-0.4, -0.2) is 120 Å². The number of likely N-dealkylation sites (tertiary alicyclic amines) is 1. The van der Waals surface area contributed by atoms with E-state index in [0.29, 0.717) is 66.7 Å². The molecule has 65 heavy (non-hydrogen) atoms. The number of nitrogens with one attached hydrogen (secondary N) is 7. The van der Waals surface area contributed by atoms with Crippen LogP contribution in [0, 0.1) is 11.8 Å². The van der Waals surface area contributed by atoms with Crippen molar-refractivity contribution >= 4 is 58.6 Å². The fourth-order valence-corrected chi connectivity index (χ4v) is 7.91. The second kappa shape index (κ2) is 24.2. The standard InChI is InChI=1S/C47H67N9O9/c1-8-14-34(54-43(61)29(7)52-42(60)28(6)48)45(63)55-35(23-26(2)3)44(62)51-25-38(57)53-36(24-27(4)5)47(65)56-22-12-19-37(56)46(64)50-21-13-20-49-33-18-11-17-32-39(33)41(59)31-16-10-9-15-30(31)40(32)58/h9-11,15-18,26-29,34-37,49H,8,12-14,19-25,48H2,1-7H3,(H,50,64)(H,51,62)(H,52,60)(H,53,57)(H,54,61)(H,55,63)/t28-,29-,34-,35-,36-,37-/m0/s1. The summed E-state index contributed by atoms with van der Waals surface area (Å²) in [7, 11) is 0. The van der Waals surface area contributed by atoms with Gasteiger partial charge in [-0.1, -0.05) is 77.4 Å². The highest BCUT2D eigenvalue weighted by molar-refractivity contribution is 6.30. The van der Waals surface area contributed by atoms with Crippen molar-refractivity contribution in [3.63, 3.8) is 0 Å². The number of nitrogens with zero attached hydrogens (tertiary/aromatic N) is 1. The normalized spacial score (nSPS) is 16.6. The number of carbonyl (C=O) groups excluding carboxylic acids is 9. The van der Waals surface area contributed by atoms with Crippen molar-refractivity contribution in [3.8, 4) is 0 Å². The quantitative estimate of drug-likeness (QED) is 0.0635. The Morgan fingerprint density at radius 1 is 0.692 bits per heavy atom. The molecule has 4 rings (SSSR count). The van der Waals surface area contributed by atoms with E-state index in [1.54, 1.807) is 42.5 Å². The van der Waals surface area contributed by atoms with E-state index in [2.05, 4.69) is 37.2 Å². The van der Waals surface area contributed by atoms with Gasteiger partial charge in [0.05, 0.1) is 18.2 Å². The lowest BCUT2D eigenvalue weighted by Crippen LogP contribution is -2.58. The van der Waals surface area contributed by atoms with Gasteiger partial charge in [0.1, 0.15) is 30.2 Å². The van der Waals surface area contributed by atoms with E-state index in [-0.39, 0.29) is 55.1 Å². The summed E-state index contributed by atoms with van der Waals surface area (Å²) in [6.07, 6.45) is 2.81. The molecule has 0 radical (unpaired) electrons. The first-order valence-corrected chi connectivity index (χ1v) is 22.7. The summed E-state index contributed by atoms with van der Waals surface area (Å²) >= 11 is 0. The number of anilines is 1. The number of benzene rings is 2. The van der Waals surface area contributed by atoms with Gasteiger partial charge in [0.2, 0.25) is 41.4 Å². The van der Waals surface area contributed by atoms with Crippen LogP contribution in [0.4, 0.5) is 5.69 Å². The average molecular weight is 902 g/mol. The van der Waals surface area contributed by atoms with Crippen molar-refractivity contribution in [2.75, 3.05) is 31.5 Å². The SMILES string of the molecule is CCC[C@H](NC(=O)[C@H](C)NC(=O)[C@H](C)N)C(=O)N[C@@H](CC(C)C)C(=O)NCC(=O)N[C@@H](CC(C)C)C(=O)N1CCC[C@H]1C(=O)NCCCNc1cccc2c1C(=O)c1ccccc1C2=O. The molecule has 0 unspecified atom stereocenters. The first-order chi connectivity index (χ1) is 30.8. The third kappa shape index (κ3) is 14.2. The molecule has 0 spiro atoms. The molecule has 1 heterocycles. The smallest absolute Gasteiger partial charge is 0.245 e. The molecule has 6 atom stereocenters. The Morgan fingerprint density at radius 2 is 1.32 bits per heavy atom. The van der Waals surface area contributed by atoms with Crippen LogP contribution < -0.4 is 43.0 Å². The molecule has 9 N–H and O–H groups in total. The number of carbonyl (C=O) groups is 9. The molecule has 0 bridgehead atoms. The maximum atomic E-state index is 14.0. The lowest BCUT2D eigenvalue weighted by Gasteiger charge is -2.29. The topological polar surface area (TPSA) is 267 Å². The van der Waals surface area contributed by atoms with Gasteiger partial charge in [-0.25, -0.2) is 0 Å². The number of rotatable bonds is 23. The molecule has 2 aromatic carbocycles. The van der Waals surface area contributed by atoms with Crippen molar-refractivity contribution in [2.45, 2.75) is 130 Å². The maximum absolute atomic E-state index is 14.0. The predicted octanol–water partition coefficient (Wildman–Crippen LogP) is 1.69. The van der Waals surface area contributed by atoms with Gasteiger partial charge < -0.3 is 47.9 Å². The molecule has 1 fully saturated rings. The number of amides is 7. The van der Waals surface area contributed by atoms with Crippen molar-refractivity contribution < 1.29 is 43.2 Å². The molecule has 2 aliphatic rings. The number of nitrogens with two attached hydrogens (primary N) is 1. The molecule has 354 valence electrons. The molecule has 0 aromatic heterocycles. The van der Waals surface area contributed by atoms with Crippen LogP contribution in [0.2, 0.25) is 0 Å². The van der Waals surface area contributed by atoms with Gasteiger partial charge in [-0.3, -0.25) is 43.2 Å². The van der Waals surface area contributed by atoms with Crippen LogP contribution in [0.1, 0.15) is 125 Å². The number of fused-ring (bicyclic) bond motifs is 2. The van der Waals surface area contributed by atoms with Gasteiger partial charge in [-0.05, 0) is 70.3 Å². The summed E-state index contributed by atoms with van der Waals surface area (Å²) in [4.78, 5) is 120. The molecule has 0 saturated carbocycles. The summed E-state index contributed by atoms with van der Waals surface area (Å²) in [5.74, 6) is -4.21. The van der Waals surface area contributed by atoms with Gasteiger partial charge in [0.15, 0.2) is 11.6 Å². The number of hydrogen-bond donors (Lipinski definition) is 8. The minimum atomic E-state index is -1.05. The Kier molecular flexibility index (Phi) is 19.2. The van der Waals surface area contributed by atoms with Crippen LogP contribution >= 0.6 is 0 Å². The Bertz CT molecular complexity index is 2090. The van der Waals surface area contributed by atoms with E-state index in [1.807, 2.05) is 34.6 Å². The van der Waals surface area contributed by atoms with Crippen LogP contribution in [0.15, 0.2) is 42.5 Å². The molecular formula is C47H67N9O9. The second-order valence-electron chi connectivity index (χ2n) is 17.7. The van der Waals surface area contributed by atoms with Crippen molar-refractivity contribution in [3.05, 3.63) is 64.7 Å². The highest BCUT2D eigenvalue weighted by atomic mass is 16.2. The Balaban J connectivity index is 1.30. The highest BCUT2D eigenvalue weighted by Gasteiger charge is 2.38. The number of hydrogen-bond acceptors (Lipinski definition) is 11. The van der Waals surface area contributed by atoms with E-state index in [1.165, 1.54) is 18.7 Å². The number of ketones is 2. The summed E-state index contributed by atoms with van der Waals surface area (Å²) in [5.41, 5.74) is 7.52. The Labute approximate surface area is 381 Å². The van der Waals surface area contributed by atoms with Gasteiger partial charge in [-0.2, -0.15) is 0 Å². The van der Waals surface area contributed by atoms with Gasteiger partial charge in [-0.15, -0.1) is 0 Å². The molecule has 18 heteroatoms. The largest absolute Gasteiger partial charge is 0.384 e. The van der Waals surface area contributed by atoms with Crippen LogP contribution in [-0.2, 0) is 33.6 Å². The summed E-state index contributed by atoms with van der Waals surface area (Å²) in [6, 6.07) is 6.27. The molecule has 1 saturated heterocycles. The summed E-state index contributed by atoms with van der Waals surface area (Å²) in [6.45, 7) is 12.8. The minimum Gasteiger partial charge on any atom is -0.384 e. The van der Waals surface area contributed by atoms with Crippen LogP contribution in [0.5, 0.6) is 0 Å². The second-order valence-corrected chi connectivity index (χ2v) is 17.7. The fraction of sp³-hybridized carbons (Fsp3) is 0.553. The first kappa shape index (κ1) is 51.5. The lowest BCUT2D eigenvalue weighted by atomic mass is 9.83. The predicted molar refractivity (Wildman–Crippen MR) is 244 cm³/mol. The van der Waals surface area contributed by atoms with Crippen LogP contribution in [0.3, 0.4) is 0 Å². The van der Waals surface area contributed by atoms with E-state index in [9.17, 15) is 43.2 Å². The Hall–Kier alpha value is -6.17. The van der Waals surface area contributed by atoms with Gasteiger partial charge in [0, 0.05) is 42.0 Å². The third-order valence-electron chi connectivity index (χ3n) is 11.2.